The summed E-state index contributed by atoms with van der Waals surface area (Å²) in [6.45, 7) is 1.45. The Balaban J connectivity index is 2.11. The van der Waals surface area contributed by atoms with Crippen molar-refractivity contribution in [1.29, 1.82) is 0 Å². The van der Waals surface area contributed by atoms with Crippen LogP contribution in [0.25, 0.3) is 0 Å². The number of carbonyl (C=O) groups excluding carboxylic acids is 3. The van der Waals surface area contributed by atoms with Crippen molar-refractivity contribution in [2.75, 3.05) is 5.32 Å². The van der Waals surface area contributed by atoms with Gasteiger partial charge in [0.25, 0.3) is 0 Å². The SMILES string of the molecule is CC(=O)c1ccc(NC(=O)[C@H]2CC(Cl)=CC[C@H]2C(=O)[O-])cc1. The molecule has 0 unspecified atom stereocenters. The molecule has 0 aromatic heterocycles. The number of carboxylic acids is 1. The van der Waals surface area contributed by atoms with Crippen LogP contribution < -0.4 is 10.4 Å². The molecular weight excluding hydrogens is 306 g/mol. The maximum absolute atomic E-state index is 12.3. The summed E-state index contributed by atoms with van der Waals surface area (Å²) in [6.07, 6.45) is 1.97. The van der Waals surface area contributed by atoms with E-state index in [1.54, 1.807) is 30.3 Å². The smallest absolute Gasteiger partial charge is 0.228 e. The summed E-state index contributed by atoms with van der Waals surface area (Å²) in [5.41, 5.74) is 1.03. The van der Waals surface area contributed by atoms with Crippen molar-refractivity contribution in [2.45, 2.75) is 19.8 Å². The van der Waals surface area contributed by atoms with Crippen LogP contribution in [-0.4, -0.2) is 17.7 Å². The van der Waals surface area contributed by atoms with Crippen molar-refractivity contribution >= 4 is 34.9 Å². The summed E-state index contributed by atoms with van der Waals surface area (Å²) in [5.74, 6) is -3.41. The zero-order chi connectivity index (χ0) is 16.3. The minimum Gasteiger partial charge on any atom is -0.550 e. The van der Waals surface area contributed by atoms with Gasteiger partial charge in [-0.05, 0) is 44.0 Å². The van der Waals surface area contributed by atoms with E-state index in [1.807, 2.05) is 0 Å². The van der Waals surface area contributed by atoms with E-state index >= 15 is 0 Å². The number of anilines is 1. The van der Waals surface area contributed by atoms with E-state index in [4.69, 9.17) is 11.6 Å². The number of carbonyl (C=O) groups is 3. The molecule has 1 aliphatic carbocycles. The molecule has 1 N–H and O–H groups in total. The number of amides is 1. The summed E-state index contributed by atoms with van der Waals surface area (Å²) in [7, 11) is 0. The lowest BCUT2D eigenvalue weighted by Gasteiger charge is -2.29. The van der Waals surface area contributed by atoms with Gasteiger partial charge in [0.05, 0.1) is 5.92 Å². The molecule has 1 aliphatic rings. The highest BCUT2D eigenvalue weighted by atomic mass is 35.5. The summed E-state index contributed by atoms with van der Waals surface area (Å²) >= 11 is 5.91. The van der Waals surface area contributed by atoms with E-state index in [1.165, 1.54) is 6.92 Å². The number of aliphatic carboxylic acids is 1. The zero-order valence-electron chi connectivity index (χ0n) is 12.0. The molecule has 0 heterocycles. The van der Waals surface area contributed by atoms with Gasteiger partial charge in [0, 0.05) is 28.2 Å². The Kier molecular flexibility index (Phi) is 4.98. The van der Waals surface area contributed by atoms with E-state index in [-0.39, 0.29) is 18.6 Å². The molecule has 0 bridgehead atoms. The van der Waals surface area contributed by atoms with Gasteiger partial charge in [0.1, 0.15) is 0 Å². The van der Waals surface area contributed by atoms with Gasteiger partial charge in [-0.2, -0.15) is 0 Å². The van der Waals surface area contributed by atoms with Crippen LogP contribution in [0.3, 0.4) is 0 Å². The molecule has 0 saturated heterocycles. The van der Waals surface area contributed by atoms with Gasteiger partial charge in [-0.1, -0.05) is 17.7 Å². The number of rotatable bonds is 4. The van der Waals surface area contributed by atoms with Crippen LogP contribution in [-0.2, 0) is 9.59 Å². The summed E-state index contributed by atoms with van der Waals surface area (Å²) in [4.78, 5) is 34.6. The van der Waals surface area contributed by atoms with Crippen LogP contribution in [0.4, 0.5) is 5.69 Å². The van der Waals surface area contributed by atoms with E-state index in [2.05, 4.69) is 5.32 Å². The number of ketones is 1. The molecule has 0 radical (unpaired) electrons. The Labute approximate surface area is 133 Å². The largest absolute Gasteiger partial charge is 0.550 e. The normalized spacial score (nSPS) is 20.9. The number of carboxylic acid groups (broad SMARTS) is 1. The fourth-order valence-electron chi connectivity index (χ4n) is 2.41. The topological polar surface area (TPSA) is 86.3 Å². The number of allylic oxidation sites excluding steroid dienone is 2. The van der Waals surface area contributed by atoms with E-state index < -0.39 is 23.7 Å². The maximum atomic E-state index is 12.3. The van der Waals surface area contributed by atoms with Gasteiger partial charge in [-0.15, -0.1) is 0 Å². The lowest BCUT2D eigenvalue weighted by Crippen LogP contribution is -2.42. The Morgan fingerprint density at radius 2 is 1.82 bits per heavy atom. The van der Waals surface area contributed by atoms with Crippen molar-refractivity contribution in [2.24, 2.45) is 11.8 Å². The number of benzene rings is 1. The lowest BCUT2D eigenvalue weighted by atomic mass is 9.82. The Morgan fingerprint density at radius 1 is 1.18 bits per heavy atom. The second kappa shape index (κ2) is 6.75. The number of hydrogen-bond acceptors (Lipinski definition) is 4. The van der Waals surface area contributed by atoms with Gasteiger partial charge < -0.3 is 15.2 Å². The predicted molar refractivity (Wildman–Crippen MR) is 80.2 cm³/mol. The van der Waals surface area contributed by atoms with Gasteiger partial charge in [0.15, 0.2) is 5.78 Å². The minimum atomic E-state index is -1.26. The fourth-order valence-corrected chi connectivity index (χ4v) is 2.67. The second-order valence-electron chi connectivity index (χ2n) is 5.25. The van der Waals surface area contributed by atoms with Crippen molar-refractivity contribution in [1.82, 2.24) is 0 Å². The molecule has 2 rings (SSSR count). The number of hydrogen-bond donors (Lipinski definition) is 1. The molecule has 0 aliphatic heterocycles. The monoisotopic (exact) mass is 320 g/mol. The third-order valence-electron chi connectivity index (χ3n) is 3.69. The minimum absolute atomic E-state index is 0.0703. The molecule has 22 heavy (non-hydrogen) atoms. The van der Waals surface area contributed by atoms with Crippen LogP contribution in [0.2, 0.25) is 0 Å². The highest BCUT2D eigenvalue weighted by molar-refractivity contribution is 6.29. The third kappa shape index (κ3) is 3.74. The van der Waals surface area contributed by atoms with Gasteiger partial charge in [0.2, 0.25) is 5.91 Å². The molecule has 6 heteroatoms. The molecule has 1 amide bonds. The molecule has 0 spiro atoms. The average Bonchev–Trinajstić information content (AvgIpc) is 2.47. The molecule has 0 fully saturated rings. The quantitative estimate of drug-likeness (QED) is 0.856. The van der Waals surface area contributed by atoms with Crippen LogP contribution >= 0.6 is 11.6 Å². The summed E-state index contributed by atoms with van der Waals surface area (Å²) < 4.78 is 0. The highest BCUT2D eigenvalue weighted by Crippen LogP contribution is 2.32. The Hall–Kier alpha value is -2.14. The van der Waals surface area contributed by atoms with Crippen LogP contribution in [0.1, 0.15) is 30.1 Å². The van der Waals surface area contributed by atoms with Crippen molar-refractivity contribution in [3.8, 4) is 0 Å². The molecule has 2 atom stereocenters. The molecule has 1 aromatic rings. The number of halogens is 1. The number of Topliss-reactive ketones (excluding diaryl/α,β-unsaturated/α-hetero) is 1. The first-order valence-corrected chi connectivity index (χ1v) is 7.23. The second-order valence-corrected chi connectivity index (χ2v) is 5.73. The standard InChI is InChI=1S/C16H16ClNO4/c1-9(19)10-2-5-12(6-3-10)18-15(20)14-8-11(17)4-7-13(14)16(21)22/h2-6,13-14H,7-8H2,1H3,(H,18,20)(H,21,22)/p-1/t13-,14+/m1/s1. The Morgan fingerprint density at radius 3 is 2.36 bits per heavy atom. The molecule has 1 aromatic carbocycles. The van der Waals surface area contributed by atoms with E-state index in [0.29, 0.717) is 16.3 Å². The highest BCUT2D eigenvalue weighted by Gasteiger charge is 2.32. The molecule has 0 saturated carbocycles. The summed E-state index contributed by atoms with van der Waals surface area (Å²) in [5, 5.41) is 14.3. The van der Waals surface area contributed by atoms with Crippen molar-refractivity contribution in [3.05, 3.63) is 40.9 Å². The fraction of sp³-hybridized carbons (Fsp3) is 0.312. The van der Waals surface area contributed by atoms with E-state index in [0.717, 1.165) is 0 Å². The van der Waals surface area contributed by atoms with Crippen LogP contribution in [0.15, 0.2) is 35.4 Å². The first kappa shape index (κ1) is 16.2. The van der Waals surface area contributed by atoms with Gasteiger partial charge >= 0.3 is 0 Å². The van der Waals surface area contributed by atoms with Gasteiger partial charge in [-0.25, -0.2) is 0 Å². The first-order valence-electron chi connectivity index (χ1n) is 6.85. The van der Waals surface area contributed by atoms with Crippen LogP contribution in [0.5, 0.6) is 0 Å². The maximum Gasteiger partial charge on any atom is 0.228 e. The first-order chi connectivity index (χ1) is 10.4. The van der Waals surface area contributed by atoms with Crippen molar-refractivity contribution in [3.63, 3.8) is 0 Å². The van der Waals surface area contributed by atoms with Gasteiger partial charge in [-0.3, -0.25) is 9.59 Å². The summed E-state index contributed by atoms with van der Waals surface area (Å²) in [6, 6.07) is 6.40. The molecule has 116 valence electrons. The van der Waals surface area contributed by atoms with E-state index in [9.17, 15) is 19.5 Å². The zero-order valence-corrected chi connectivity index (χ0v) is 12.7. The molecule has 5 nitrogen and oxygen atoms in total. The van der Waals surface area contributed by atoms with Crippen LogP contribution in [0, 0.1) is 11.8 Å². The molecular formula is C16H15ClNO4-. The lowest BCUT2D eigenvalue weighted by molar-refractivity contribution is -0.313. The number of nitrogens with one attached hydrogen (secondary N) is 1. The van der Waals surface area contributed by atoms with Crippen molar-refractivity contribution < 1.29 is 19.5 Å². The Bertz CT molecular complexity index is 636. The predicted octanol–water partition coefficient (Wildman–Crippen LogP) is 1.73. The third-order valence-corrected chi connectivity index (χ3v) is 4.00. The average molecular weight is 321 g/mol.